The summed E-state index contributed by atoms with van der Waals surface area (Å²) in [4.78, 5) is 18.7. The number of ether oxygens (including phenoxy) is 2. The van der Waals surface area contributed by atoms with Crippen LogP contribution in [0.4, 0.5) is 0 Å². The van der Waals surface area contributed by atoms with Crippen molar-refractivity contribution in [1.82, 2.24) is 4.98 Å². The van der Waals surface area contributed by atoms with Gasteiger partial charge in [0, 0.05) is 15.3 Å². The Bertz CT molecular complexity index is 1790. The Labute approximate surface area is 255 Å². The van der Waals surface area contributed by atoms with Gasteiger partial charge in [0.1, 0.15) is 17.1 Å². The number of nitrogens with zero attached hydrogens (tertiary/aromatic N) is 1. The summed E-state index contributed by atoms with van der Waals surface area (Å²) in [5, 5.41) is 0. The number of aromatic nitrogens is 1. The maximum Gasteiger partial charge on any atom is 0.308 e. The first-order valence-corrected chi connectivity index (χ1v) is 16.5. The normalized spacial score (nSPS) is 17.8. The van der Waals surface area contributed by atoms with Crippen molar-refractivity contribution in [3.63, 3.8) is 0 Å². The number of methoxy groups -OCH3 is 1. The Morgan fingerprint density at radius 2 is 1.56 bits per heavy atom. The fourth-order valence-electron chi connectivity index (χ4n) is 5.54. The Morgan fingerprint density at radius 1 is 0.884 bits per heavy atom. The lowest BCUT2D eigenvalue weighted by atomic mass is 9.95. The van der Waals surface area contributed by atoms with Gasteiger partial charge in [-0.15, -0.1) is 11.3 Å². The molecule has 0 unspecified atom stereocenters. The number of hydrogen-bond acceptors (Lipinski definition) is 8. The molecule has 1 aliphatic heterocycles. The van der Waals surface area contributed by atoms with Crippen LogP contribution < -0.4 is 4.74 Å². The quantitative estimate of drug-likeness (QED) is 0.157. The molecule has 43 heavy (non-hydrogen) atoms. The lowest BCUT2D eigenvalue weighted by molar-refractivity contribution is -0.145. The Morgan fingerprint density at radius 3 is 2.19 bits per heavy atom. The van der Waals surface area contributed by atoms with E-state index in [4.69, 9.17) is 13.9 Å². The van der Waals surface area contributed by atoms with Crippen LogP contribution in [0.3, 0.4) is 0 Å². The number of benzene rings is 3. The van der Waals surface area contributed by atoms with Gasteiger partial charge in [-0.1, -0.05) is 67.1 Å². The molecule has 0 amide bonds. The zero-order valence-electron chi connectivity index (χ0n) is 23.7. The van der Waals surface area contributed by atoms with E-state index < -0.39 is 20.6 Å². The van der Waals surface area contributed by atoms with E-state index in [9.17, 15) is 13.2 Å². The highest BCUT2D eigenvalue weighted by atomic mass is 32.2. The average molecular weight is 614 g/mol. The van der Waals surface area contributed by atoms with Gasteiger partial charge < -0.3 is 13.9 Å². The molecule has 1 aliphatic rings. The van der Waals surface area contributed by atoms with Crippen LogP contribution in [0.15, 0.2) is 102 Å². The molecular formula is C34H31NO6S2. The van der Waals surface area contributed by atoms with Gasteiger partial charge in [0.2, 0.25) is 0 Å². The lowest BCUT2D eigenvalue weighted by Crippen LogP contribution is -2.42. The van der Waals surface area contributed by atoms with Crippen LogP contribution in [-0.2, 0) is 30.7 Å². The fraction of sp³-hybridized carbons (Fsp3) is 0.235. The van der Waals surface area contributed by atoms with Crippen molar-refractivity contribution in [2.75, 3.05) is 12.9 Å². The molecule has 0 N–H and O–H groups in total. The van der Waals surface area contributed by atoms with Gasteiger partial charge in [-0.2, -0.15) is 0 Å². The monoisotopic (exact) mass is 613 g/mol. The van der Waals surface area contributed by atoms with Crippen LogP contribution in [0.5, 0.6) is 5.75 Å². The molecule has 0 radical (unpaired) electrons. The summed E-state index contributed by atoms with van der Waals surface area (Å²) in [6.45, 7) is 0.0732. The van der Waals surface area contributed by atoms with E-state index in [0.717, 1.165) is 44.9 Å². The molecule has 0 bridgehead atoms. The Kier molecular flexibility index (Phi) is 8.19. The number of esters is 1. The molecule has 6 rings (SSSR count). The van der Waals surface area contributed by atoms with Crippen molar-refractivity contribution in [3.8, 4) is 38.6 Å². The maximum atomic E-state index is 13.6. The average Bonchev–Trinajstić information content (AvgIpc) is 3.75. The van der Waals surface area contributed by atoms with E-state index in [1.165, 1.54) is 17.7 Å². The summed E-state index contributed by atoms with van der Waals surface area (Å²) < 4.78 is 42.1. The van der Waals surface area contributed by atoms with E-state index in [-0.39, 0.29) is 18.8 Å². The second kappa shape index (κ2) is 12.2. The minimum absolute atomic E-state index is 0.0654. The van der Waals surface area contributed by atoms with Crippen LogP contribution >= 0.6 is 11.3 Å². The van der Waals surface area contributed by atoms with E-state index in [2.05, 4.69) is 17.1 Å². The van der Waals surface area contributed by atoms with Crippen molar-refractivity contribution >= 4 is 27.1 Å². The molecule has 0 saturated carbocycles. The number of carbonyl (C=O) groups excluding carboxylic acids is 1. The van der Waals surface area contributed by atoms with Gasteiger partial charge in [0.05, 0.1) is 25.5 Å². The Hall–Kier alpha value is -4.21. The summed E-state index contributed by atoms with van der Waals surface area (Å²) in [7, 11) is -1.99. The first-order valence-electron chi connectivity index (χ1n) is 14.1. The topological polar surface area (TPSA) is 95.7 Å². The van der Waals surface area contributed by atoms with Gasteiger partial charge in [0.15, 0.2) is 22.0 Å². The third kappa shape index (κ3) is 6.00. The predicted molar refractivity (Wildman–Crippen MR) is 167 cm³/mol. The van der Waals surface area contributed by atoms with Crippen LogP contribution in [0.25, 0.3) is 32.9 Å². The minimum Gasteiger partial charge on any atom is -0.497 e. The molecular weight excluding hydrogens is 583 g/mol. The molecule has 1 fully saturated rings. The zero-order chi connectivity index (χ0) is 29.9. The Balaban J connectivity index is 1.20. The van der Waals surface area contributed by atoms with E-state index in [1.54, 1.807) is 25.4 Å². The summed E-state index contributed by atoms with van der Waals surface area (Å²) >= 11 is 1.44. The predicted octanol–water partition coefficient (Wildman–Crippen LogP) is 7.67. The van der Waals surface area contributed by atoms with Crippen LogP contribution in [0.1, 0.15) is 36.1 Å². The van der Waals surface area contributed by atoms with E-state index in [0.29, 0.717) is 23.5 Å². The van der Waals surface area contributed by atoms with Crippen molar-refractivity contribution in [2.24, 2.45) is 0 Å². The van der Waals surface area contributed by atoms with Crippen molar-refractivity contribution < 1.29 is 27.1 Å². The molecule has 0 spiro atoms. The molecule has 3 aromatic carbocycles. The highest BCUT2D eigenvalue weighted by Gasteiger charge is 2.49. The smallest absolute Gasteiger partial charge is 0.308 e. The number of thiophene rings is 1. The molecule has 7 nitrogen and oxygen atoms in total. The van der Waals surface area contributed by atoms with Gasteiger partial charge in [-0.3, -0.25) is 4.79 Å². The van der Waals surface area contributed by atoms with Crippen molar-refractivity contribution in [1.29, 1.82) is 0 Å². The largest absolute Gasteiger partial charge is 0.497 e. The van der Waals surface area contributed by atoms with Crippen LogP contribution in [0.2, 0.25) is 0 Å². The summed E-state index contributed by atoms with van der Waals surface area (Å²) in [6, 6.07) is 27.4. The fourth-order valence-corrected chi connectivity index (χ4v) is 9.31. The maximum absolute atomic E-state index is 13.6. The number of oxazole rings is 1. The summed E-state index contributed by atoms with van der Waals surface area (Å²) in [5.41, 5.74) is 4.89. The first-order chi connectivity index (χ1) is 20.9. The molecule has 0 aliphatic carbocycles. The zero-order valence-corrected chi connectivity index (χ0v) is 25.3. The van der Waals surface area contributed by atoms with Crippen LogP contribution in [-0.4, -0.2) is 32.2 Å². The number of hydrogen-bond donors (Lipinski definition) is 0. The summed E-state index contributed by atoms with van der Waals surface area (Å²) in [6.07, 6.45) is 4.64. The highest BCUT2D eigenvalue weighted by molar-refractivity contribution is 7.92. The second-order valence-electron chi connectivity index (χ2n) is 10.6. The molecule has 1 atom stereocenters. The second-order valence-corrected chi connectivity index (χ2v) is 14.1. The highest BCUT2D eigenvalue weighted by Crippen LogP contribution is 2.47. The van der Waals surface area contributed by atoms with Crippen molar-refractivity contribution in [3.05, 3.63) is 108 Å². The van der Waals surface area contributed by atoms with E-state index in [1.807, 2.05) is 60.7 Å². The number of rotatable bonds is 9. The number of carbonyl (C=O) groups is 1. The SMILES string of the molecule is COc1ccc(COC(=O)C[C@]2(c3ccc(-c4ccc(-c5ccc(-c6cnco6)cc5)cc4)s3)CCCCS2(=O)=O)cc1. The molecule has 3 heterocycles. The third-order valence-electron chi connectivity index (χ3n) is 7.99. The molecule has 1 saturated heterocycles. The molecule has 220 valence electrons. The minimum atomic E-state index is -3.57. The molecule has 2 aromatic heterocycles. The van der Waals surface area contributed by atoms with Gasteiger partial charge >= 0.3 is 5.97 Å². The number of sulfone groups is 1. The summed E-state index contributed by atoms with van der Waals surface area (Å²) in [5.74, 6) is 0.979. The molecule has 5 aromatic rings. The van der Waals surface area contributed by atoms with Crippen molar-refractivity contribution in [2.45, 2.75) is 37.0 Å². The molecule has 9 heteroatoms. The van der Waals surface area contributed by atoms with E-state index >= 15 is 0 Å². The first kappa shape index (κ1) is 28.9. The standard InChI is InChI=1S/C34H31NO6S2/c1-39-29-14-4-24(5-15-29)22-40-33(36)20-34(18-2-3-19-43(34,37)38)32-17-16-31(42-32)28-12-8-26(9-13-28)25-6-10-27(11-7-25)30-21-35-23-41-30/h4-17,21,23H,2-3,18-20,22H2,1H3/t34-/m0/s1. The third-order valence-corrected chi connectivity index (χ3v) is 12.0. The van der Waals surface area contributed by atoms with Gasteiger partial charge in [-0.25, -0.2) is 13.4 Å². The van der Waals surface area contributed by atoms with Gasteiger partial charge in [0.25, 0.3) is 0 Å². The lowest BCUT2D eigenvalue weighted by Gasteiger charge is -2.35. The van der Waals surface area contributed by atoms with Gasteiger partial charge in [-0.05, 0) is 59.4 Å². The van der Waals surface area contributed by atoms with Crippen LogP contribution in [0, 0.1) is 0 Å².